The maximum atomic E-state index is 10.4. The molecule has 0 radical (unpaired) electrons. The lowest BCUT2D eigenvalue weighted by Gasteiger charge is -2.17. The highest BCUT2D eigenvalue weighted by Crippen LogP contribution is 2.15. The Morgan fingerprint density at radius 3 is 2.42 bits per heavy atom. The molecule has 0 aromatic carbocycles. The van der Waals surface area contributed by atoms with Crippen molar-refractivity contribution in [1.29, 1.82) is 0 Å². The van der Waals surface area contributed by atoms with E-state index < -0.39 is 18.0 Å². The first-order chi connectivity index (χ1) is 5.49. The van der Waals surface area contributed by atoms with Crippen LogP contribution >= 0.6 is 12.6 Å². The Kier molecular flexibility index (Phi) is 5.33. The van der Waals surface area contributed by atoms with E-state index in [2.05, 4.69) is 12.6 Å². The summed E-state index contributed by atoms with van der Waals surface area (Å²) in [5.74, 6) is -1.37. The van der Waals surface area contributed by atoms with Gasteiger partial charge >= 0.3 is 5.97 Å². The summed E-state index contributed by atoms with van der Waals surface area (Å²) in [5, 5.41) is 17.8. The van der Waals surface area contributed by atoms with Gasteiger partial charge in [-0.25, -0.2) is 0 Å². The minimum Gasteiger partial charge on any atom is -0.481 e. The first kappa shape index (κ1) is 11.8. The first-order valence-electron chi connectivity index (χ1n) is 4.08. The molecule has 0 fully saturated rings. The molecule has 0 rings (SSSR count). The van der Waals surface area contributed by atoms with E-state index in [0.717, 1.165) is 6.42 Å². The Bertz CT molecular complexity index is 149. The maximum absolute atomic E-state index is 10.4. The molecule has 3 unspecified atom stereocenters. The lowest BCUT2D eigenvalue weighted by molar-refractivity contribution is -0.142. The van der Waals surface area contributed by atoms with Gasteiger partial charge in [-0.15, -0.1) is 0 Å². The Labute approximate surface area is 78.2 Å². The molecule has 0 aliphatic carbocycles. The van der Waals surface area contributed by atoms with Crippen LogP contribution in [0.3, 0.4) is 0 Å². The second kappa shape index (κ2) is 5.43. The molecular formula is C8H16O3S. The van der Waals surface area contributed by atoms with Gasteiger partial charge in [0.25, 0.3) is 0 Å². The van der Waals surface area contributed by atoms with Crippen LogP contribution in [-0.2, 0) is 4.79 Å². The van der Waals surface area contributed by atoms with E-state index in [-0.39, 0.29) is 11.7 Å². The van der Waals surface area contributed by atoms with E-state index in [1.165, 1.54) is 0 Å². The minimum atomic E-state index is -0.870. The predicted octanol–water partition coefficient (Wildman–Crippen LogP) is 1.17. The second-order valence-corrected chi connectivity index (χ2v) is 3.68. The summed E-state index contributed by atoms with van der Waals surface area (Å²) >= 11 is 4.13. The van der Waals surface area contributed by atoms with Crippen LogP contribution in [-0.4, -0.2) is 27.5 Å². The fourth-order valence-corrected chi connectivity index (χ4v) is 1.01. The molecule has 0 aliphatic rings. The number of rotatable bonds is 5. The molecule has 0 aromatic heterocycles. The molecule has 72 valence electrons. The first-order valence-corrected chi connectivity index (χ1v) is 4.59. The summed E-state index contributed by atoms with van der Waals surface area (Å²) < 4.78 is 0. The van der Waals surface area contributed by atoms with Crippen molar-refractivity contribution in [2.24, 2.45) is 5.92 Å². The molecule has 0 heterocycles. The molecule has 2 N–H and O–H groups in total. The number of hydrogen-bond donors (Lipinski definition) is 3. The largest absolute Gasteiger partial charge is 0.481 e. The molecule has 0 aliphatic heterocycles. The number of aliphatic hydroxyl groups excluding tert-OH is 1. The van der Waals surface area contributed by atoms with E-state index in [0.29, 0.717) is 0 Å². The van der Waals surface area contributed by atoms with E-state index in [1.54, 1.807) is 6.92 Å². The Morgan fingerprint density at radius 1 is 1.58 bits per heavy atom. The molecular weight excluding hydrogens is 176 g/mol. The number of carboxylic acid groups (broad SMARTS) is 1. The molecule has 3 atom stereocenters. The molecule has 0 aromatic rings. The van der Waals surface area contributed by atoms with Crippen LogP contribution in [0, 0.1) is 5.92 Å². The number of carboxylic acids is 1. The number of carbonyl (C=O) groups is 1. The van der Waals surface area contributed by atoms with E-state index in [9.17, 15) is 9.90 Å². The van der Waals surface area contributed by atoms with Gasteiger partial charge in [-0.3, -0.25) is 4.79 Å². The van der Waals surface area contributed by atoms with E-state index in [4.69, 9.17) is 5.11 Å². The molecule has 0 bridgehead atoms. The second-order valence-electron chi connectivity index (χ2n) is 3.02. The minimum absolute atomic E-state index is 0.119. The van der Waals surface area contributed by atoms with Gasteiger partial charge in [0.15, 0.2) is 0 Å². The smallest absolute Gasteiger partial charge is 0.306 e. The highest BCUT2D eigenvalue weighted by Gasteiger charge is 2.20. The molecule has 4 heteroatoms. The van der Waals surface area contributed by atoms with Crippen molar-refractivity contribution < 1.29 is 15.0 Å². The van der Waals surface area contributed by atoms with Crippen molar-refractivity contribution in [2.45, 2.75) is 38.0 Å². The number of aliphatic hydroxyl groups is 1. The average Bonchev–Trinajstić information content (AvgIpc) is 2.02. The summed E-state index contributed by atoms with van der Waals surface area (Å²) in [6.45, 7) is 3.49. The molecule has 0 spiro atoms. The summed E-state index contributed by atoms with van der Waals surface area (Å²) in [6.07, 6.45) is 0.401. The highest BCUT2D eigenvalue weighted by molar-refractivity contribution is 7.81. The van der Waals surface area contributed by atoms with Gasteiger partial charge in [-0.05, 0) is 12.8 Å². The molecule has 0 amide bonds. The van der Waals surface area contributed by atoms with Gasteiger partial charge in [0.1, 0.15) is 0 Å². The van der Waals surface area contributed by atoms with Crippen molar-refractivity contribution in [3.8, 4) is 0 Å². The van der Waals surface area contributed by atoms with Gasteiger partial charge in [-0.2, -0.15) is 12.6 Å². The third kappa shape index (κ3) is 3.97. The zero-order valence-corrected chi connectivity index (χ0v) is 8.29. The van der Waals surface area contributed by atoms with Crippen molar-refractivity contribution in [3.05, 3.63) is 0 Å². The zero-order chi connectivity index (χ0) is 9.72. The topological polar surface area (TPSA) is 57.5 Å². The fraction of sp³-hybridized carbons (Fsp3) is 0.875. The highest BCUT2D eigenvalue weighted by atomic mass is 32.1. The Hall–Kier alpha value is -0.220. The molecule has 0 saturated heterocycles. The number of aliphatic carboxylic acids is 1. The van der Waals surface area contributed by atoms with Gasteiger partial charge in [-0.1, -0.05) is 13.8 Å². The van der Waals surface area contributed by atoms with Crippen LogP contribution in [0.15, 0.2) is 0 Å². The number of thiol groups is 1. The van der Waals surface area contributed by atoms with E-state index >= 15 is 0 Å². The normalized spacial score (nSPS) is 18.3. The quantitative estimate of drug-likeness (QED) is 0.573. The lowest BCUT2D eigenvalue weighted by Crippen LogP contribution is -2.25. The lowest BCUT2D eigenvalue weighted by atomic mass is 10.0. The Morgan fingerprint density at radius 2 is 2.08 bits per heavy atom. The summed E-state index contributed by atoms with van der Waals surface area (Å²) in [4.78, 5) is 10.4. The van der Waals surface area contributed by atoms with Gasteiger partial charge < -0.3 is 10.2 Å². The van der Waals surface area contributed by atoms with Crippen molar-refractivity contribution in [3.63, 3.8) is 0 Å². The third-order valence-corrected chi connectivity index (χ3v) is 2.59. The van der Waals surface area contributed by atoms with Crippen LogP contribution < -0.4 is 0 Å². The van der Waals surface area contributed by atoms with Crippen molar-refractivity contribution in [1.82, 2.24) is 0 Å². The summed E-state index contributed by atoms with van der Waals surface area (Å²) in [7, 11) is 0. The van der Waals surface area contributed by atoms with Gasteiger partial charge in [0.05, 0.1) is 12.0 Å². The average molecular weight is 192 g/mol. The monoisotopic (exact) mass is 192 g/mol. The standard InChI is InChI=1S/C8H16O3S/c1-3-7(12)6(9)4-5(2)8(10)11/h5-7,9,12H,3-4H2,1-2H3,(H,10,11). The zero-order valence-electron chi connectivity index (χ0n) is 7.40. The predicted molar refractivity (Wildman–Crippen MR) is 50.5 cm³/mol. The van der Waals surface area contributed by atoms with Crippen molar-refractivity contribution in [2.75, 3.05) is 0 Å². The third-order valence-electron chi connectivity index (χ3n) is 1.88. The number of hydrogen-bond acceptors (Lipinski definition) is 3. The SMILES string of the molecule is CCC(S)C(O)CC(C)C(=O)O. The molecule has 3 nitrogen and oxygen atoms in total. The summed E-state index contributed by atoms with van der Waals surface area (Å²) in [6, 6.07) is 0. The Balaban J connectivity index is 3.83. The van der Waals surface area contributed by atoms with Crippen LogP contribution in [0.25, 0.3) is 0 Å². The van der Waals surface area contributed by atoms with Crippen LogP contribution in [0.5, 0.6) is 0 Å². The molecule has 0 saturated carbocycles. The summed E-state index contributed by atoms with van der Waals surface area (Å²) in [5.41, 5.74) is 0. The van der Waals surface area contributed by atoms with Gasteiger partial charge in [0, 0.05) is 5.25 Å². The van der Waals surface area contributed by atoms with Crippen LogP contribution in [0.1, 0.15) is 26.7 Å². The van der Waals surface area contributed by atoms with Gasteiger partial charge in [0.2, 0.25) is 0 Å². The van der Waals surface area contributed by atoms with Crippen LogP contribution in [0.4, 0.5) is 0 Å². The molecule has 12 heavy (non-hydrogen) atoms. The van der Waals surface area contributed by atoms with E-state index in [1.807, 2.05) is 6.92 Å². The maximum Gasteiger partial charge on any atom is 0.306 e. The van der Waals surface area contributed by atoms with Crippen molar-refractivity contribution >= 4 is 18.6 Å². The fourth-order valence-electron chi connectivity index (χ4n) is 0.892. The van der Waals surface area contributed by atoms with Crippen LogP contribution in [0.2, 0.25) is 0 Å².